The number of halogens is 3. The number of anilines is 1. The summed E-state index contributed by atoms with van der Waals surface area (Å²) in [6.07, 6.45) is -3.93. The zero-order valence-electron chi connectivity index (χ0n) is 14.4. The van der Waals surface area contributed by atoms with Gasteiger partial charge in [0.05, 0.1) is 11.3 Å². The number of hydrazine groups is 1. The summed E-state index contributed by atoms with van der Waals surface area (Å²) in [7, 11) is 0. The van der Waals surface area contributed by atoms with Gasteiger partial charge >= 0.3 is 12.2 Å². The minimum atomic E-state index is -4.59. The van der Waals surface area contributed by atoms with E-state index in [2.05, 4.69) is 16.2 Å². The Morgan fingerprint density at radius 3 is 2.33 bits per heavy atom. The lowest BCUT2D eigenvalue weighted by atomic mass is 10.1. The number of hydrogen-bond acceptors (Lipinski definition) is 2. The average Bonchev–Trinajstić information content (AvgIpc) is 3.41. The van der Waals surface area contributed by atoms with E-state index >= 15 is 0 Å². The molecular weight excluding hydrogens is 359 g/mol. The molecule has 27 heavy (non-hydrogen) atoms. The van der Waals surface area contributed by atoms with Gasteiger partial charge in [-0.2, -0.15) is 13.2 Å². The molecule has 2 aromatic rings. The minimum Gasteiger partial charge on any atom is -0.306 e. The Kier molecular flexibility index (Phi) is 5.07. The Hall–Kier alpha value is -3.03. The maximum atomic E-state index is 12.9. The minimum absolute atomic E-state index is 0.0846. The molecule has 0 spiro atoms. The number of para-hydroxylation sites is 1. The molecule has 0 aromatic heterocycles. The Labute approximate surface area is 153 Å². The summed E-state index contributed by atoms with van der Waals surface area (Å²) in [5.74, 6) is -0.559. The van der Waals surface area contributed by atoms with Crippen LogP contribution in [0, 0.1) is 12.8 Å². The van der Waals surface area contributed by atoms with Gasteiger partial charge in [0.25, 0.3) is 0 Å². The lowest BCUT2D eigenvalue weighted by molar-refractivity contribution is -0.137. The molecule has 1 fully saturated rings. The van der Waals surface area contributed by atoms with Crippen LogP contribution in [-0.2, 0) is 11.0 Å². The summed E-state index contributed by atoms with van der Waals surface area (Å²) in [5.41, 5.74) is 5.16. The number of hydrogen-bond donors (Lipinski definition) is 3. The van der Waals surface area contributed by atoms with E-state index < -0.39 is 17.8 Å². The van der Waals surface area contributed by atoms with E-state index in [0.29, 0.717) is 6.42 Å². The lowest BCUT2D eigenvalue weighted by Gasteiger charge is -2.14. The monoisotopic (exact) mass is 377 g/mol. The number of carbonyl (C=O) groups is 2. The molecule has 2 aromatic carbocycles. The molecule has 3 rings (SSSR count). The van der Waals surface area contributed by atoms with Gasteiger partial charge in [0.2, 0.25) is 5.91 Å². The predicted octanol–water partition coefficient (Wildman–Crippen LogP) is 3.97. The fourth-order valence-corrected chi connectivity index (χ4v) is 2.87. The molecule has 8 heteroatoms. The van der Waals surface area contributed by atoms with Crippen molar-refractivity contribution in [2.75, 3.05) is 5.32 Å². The zero-order chi connectivity index (χ0) is 19.6. The van der Waals surface area contributed by atoms with E-state index in [9.17, 15) is 22.8 Å². The molecule has 1 aliphatic rings. The average molecular weight is 377 g/mol. The highest BCUT2D eigenvalue weighted by Crippen LogP contribution is 2.47. The van der Waals surface area contributed by atoms with Crippen LogP contribution in [0.5, 0.6) is 0 Å². The van der Waals surface area contributed by atoms with Crippen molar-refractivity contribution in [1.82, 2.24) is 10.9 Å². The van der Waals surface area contributed by atoms with Crippen molar-refractivity contribution < 1.29 is 22.8 Å². The van der Waals surface area contributed by atoms with Crippen LogP contribution < -0.4 is 16.2 Å². The van der Waals surface area contributed by atoms with Crippen LogP contribution in [0.2, 0.25) is 0 Å². The van der Waals surface area contributed by atoms with Gasteiger partial charge in [-0.25, -0.2) is 10.2 Å². The van der Waals surface area contributed by atoms with E-state index in [1.165, 1.54) is 12.1 Å². The fraction of sp³-hybridized carbons (Fsp3) is 0.263. The molecule has 0 bridgehead atoms. The lowest BCUT2D eigenvalue weighted by Crippen LogP contribution is -2.44. The molecule has 1 aliphatic carbocycles. The summed E-state index contributed by atoms with van der Waals surface area (Å²) in [6, 6.07) is 11.5. The van der Waals surface area contributed by atoms with Crippen LogP contribution in [0.1, 0.15) is 29.0 Å². The van der Waals surface area contributed by atoms with Crippen molar-refractivity contribution in [3.8, 4) is 0 Å². The highest BCUT2D eigenvalue weighted by molar-refractivity contribution is 5.92. The number of alkyl halides is 3. The Morgan fingerprint density at radius 2 is 1.67 bits per heavy atom. The molecule has 2 atom stereocenters. The summed E-state index contributed by atoms with van der Waals surface area (Å²) in [6.45, 7) is 1.97. The highest BCUT2D eigenvalue weighted by atomic mass is 19.4. The third-order valence-electron chi connectivity index (χ3n) is 4.41. The normalized spacial score (nSPS) is 18.5. The van der Waals surface area contributed by atoms with Crippen LogP contribution in [0.3, 0.4) is 0 Å². The number of carbonyl (C=O) groups excluding carboxylic acids is 2. The molecule has 0 heterocycles. The van der Waals surface area contributed by atoms with Crippen molar-refractivity contribution in [1.29, 1.82) is 0 Å². The summed E-state index contributed by atoms with van der Waals surface area (Å²) in [4.78, 5) is 23.9. The van der Waals surface area contributed by atoms with Crippen molar-refractivity contribution in [3.63, 3.8) is 0 Å². The number of nitrogens with one attached hydrogen (secondary N) is 3. The SMILES string of the molecule is Cc1ccc(C2CC2C(=O)NNC(=O)Nc2ccccc2C(F)(F)F)cc1. The molecule has 3 N–H and O–H groups in total. The van der Waals surface area contributed by atoms with E-state index in [4.69, 9.17) is 0 Å². The Bertz CT molecular complexity index is 850. The molecule has 2 unspecified atom stereocenters. The van der Waals surface area contributed by atoms with Gasteiger partial charge in [-0.15, -0.1) is 0 Å². The van der Waals surface area contributed by atoms with E-state index in [1.54, 1.807) is 0 Å². The first-order chi connectivity index (χ1) is 12.8. The molecule has 0 saturated heterocycles. The van der Waals surface area contributed by atoms with Gasteiger partial charge in [0.1, 0.15) is 0 Å². The third-order valence-corrected chi connectivity index (χ3v) is 4.41. The topological polar surface area (TPSA) is 70.2 Å². The Morgan fingerprint density at radius 1 is 1.00 bits per heavy atom. The standard InChI is InChI=1S/C19H18F3N3O2/c1-11-6-8-12(9-7-11)13-10-14(13)17(26)24-25-18(27)23-16-5-3-2-4-15(16)19(20,21)22/h2-9,13-14H,10H2,1H3,(H,24,26)(H2,23,25,27). The summed E-state index contributed by atoms with van der Waals surface area (Å²) >= 11 is 0. The number of urea groups is 1. The zero-order valence-corrected chi connectivity index (χ0v) is 14.4. The number of rotatable bonds is 3. The first kappa shape index (κ1) is 18.8. The van der Waals surface area contributed by atoms with Gasteiger partial charge < -0.3 is 5.32 Å². The van der Waals surface area contributed by atoms with E-state index in [1.807, 2.05) is 31.2 Å². The van der Waals surface area contributed by atoms with Gasteiger partial charge in [-0.1, -0.05) is 42.0 Å². The van der Waals surface area contributed by atoms with Gasteiger partial charge in [0.15, 0.2) is 0 Å². The molecule has 3 amide bonds. The molecule has 0 aliphatic heterocycles. The molecule has 5 nitrogen and oxygen atoms in total. The number of benzene rings is 2. The van der Waals surface area contributed by atoms with Crippen molar-refractivity contribution >= 4 is 17.6 Å². The molecule has 0 radical (unpaired) electrons. The van der Waals surface area contributed by atoms with Gasteiger partial charge in [-0.3, -0.25) is 10.2 Å². The maximum absolute atomic E-state index is 12.9. The van der Waals surface area contributed by atoms with Gasteiger partial charge in [-0.05, 0) is 37.0 Å². The van der Waals surface area contributed by atoms with Crippen LogP contribution >= 0.6 is 0 Å². The van der Waals surface area contributed by atoms with Crippen molar-refractivity contribution in [2.45, 2.75) is 25.4 Å². The number of amides is 3. The maximum Gasteiger partial charge on any atom is 0.418 e. The second kappa shape index (κ2) is 7.30. The smallest absolute Gasteiger partial charge is 0.306 e. The van der Waals surface area contributed by atoms with Gasteiger partial charge in [0, 0.05) is 5.92 Å². The largest absolute Gasteiger partial charge is 0.418 e. The van der Waals surface area contributed by atoms with E-state index in [-0.39, 0.29) is 23.4 Å². The summed E-state index contributed by atoms with van der Waals surface area (Å²) < 4.78 is 38.7. The molecule has 142 valence electrons. The van der Waals surface area contributed by atoms with Crippen molar-refractivity contribution in [2.24, 2.45) is 5.92 Å². The molecular formula is C19H18F3N3O2. The fourth-order valence-electron chi connectivity index (χ4n) is 2.87. The third kappa shape index (κ3) is 4.58. The first-order valence-electron chi connectivity index (χ1n) is 8.35. The molecule has 1 saturated carbocycles. The highest BCUT2D eigenvalue weighted by Gasteiger charge is 2.44. The first-order valence-corrected chi connectivity index (χ1v) is 8.35. The second-order valence-corrected chi connectivity index (χ2v) is 6.47. The quantitative estimate of drug-likeness (QED) is 0.709. The Balaban J connectivity index is 1.52. The van der Waals surface area contributed by atoms with Crippen molar-refractivity contribution in [3.05, 3.63) is 65.2 Å². The van der Waals surface area contributed by atoms with Crippen LogP contribution in [0.4, 0.5) is 23.7 Å². The number of aryl methyl sites for hydroxylation is 1. The summed E-state index contributed by atoms with van der Waals surface area (Å²) in [5, 5.41) is 2.10. The second-order valence-electron chi connectivity index (χ2n) is 6.47. The van der Waals surface area contributed by atoms with Crippen LogP contribution in [0.15, 0.2) is 48.5 Å². The van der Waals surface area contributed by atoms with Crippen LogP contribution in [-0.4, -0.2) is 11.9 Å². The predicted molar refractivity (Wildman–Crippen MR) is 93.8 cm³/mol. The van der Waals surface area contributed by atoms with Crippen LogP contribution in [0.25, 0.3) is 0 Å². The van der Waals surface area contributed by atoms with E-state index in [0.717, 1.165) is 23.3 Å².